The fourth-order valence-electron chi connectivity index (χ4n) is 1.42. The average molecular weight is 206 g/mol. The largest absolute Gasteiger partial charge is 0.330 e. The molecule has 15 heavy (non-hydrogen) atoms. The van der Waals surface area contributed by atoms with Gasteiger partial charge in [0.15, 0.2) is 0 Å². The Morgan fingerprint density at radius 3 is 2.33 bits per heavy atom. The highest BCUT2D eigenvalue weighted by Crippen LogP contribution is 2.14. The predicted octanol–water partition coefficient (Wildman–Crippen LogP) is 1.84. The normalized spacial score (nSPS) is 12.3. The molecule has 82 valence electrons. The Balaban J connectivity index is 2.76. The minimum absolute atomic E-state index is 0.0255. The van der Waals surface area contributed by atoms with E-state index < -0.39 is 0 Å². The lowest BCUT2D eigenvalue weighted by atomic mass is 10.1. The summed E-state index contributed by atoms with van der Waals surface area (Å²) in [4.78, 5) is 11.6. The van der Waals surface area contributed by atoms with Crippen molar-refractivity contribution < 1.29 is 4.79 Å². The molecular weight excluding hydrogens is 188 g/mol. The van der Waals surface area contributed by atoms with Gasteiger partial charge in [-0.1, -0.05) is 13.0 Å². The average Bonchev–Trinajstić information content (AvgIpc) is 2.14. The molecule has 0 bridgehead atoms. The summed E-state index contributed by atoms with van der Waals surface area (Å²) in [6.07, 6.45) is 0. The van der Waals surface area contributed by atoms with Crippen LogP contribution in [0.25, 0.3) is 0 Å². The lowest BCUT2D eigenvalue weighted by Gasteiger charge is -2.11. The fourth-order valence-corrected chi connectivity index (χ4v) is 1.42. The van der Waals surface area contributed by atoms with Crippen LogP contribution in [0, 0.1) is 19.8 Å². The zero-order valence-electron chi connectivity index (χ0n) is 9.50. The molecule has 1 rings (SSSR count). The van der Waals surface area contributed by atoms with E-state index in [9.17, 15) is 4.79 Å². The van der Waals surface area contributed by atoms with Crippen molar-refractivity contribution in [2.24, 2.45) is 11.7 Å². The number of hydrogen-bond donors (Lipinski definition) is 2. The molecule has 0 saturated carbocycles. The van der Waals surface area contributed by atoms with Gasteiger partial charge >= 0.3 is 0 Å². The molecule has 1 aromatic carbocycles. The first-order valence-electron chi connectivity index (χ1n) is 5.12. The van der Waals surface area contributed by atoms with Crippen LogP contribution in [-0.2, 0) is 4.79 Å². The quantitative estimate of drug-likeness (QED) is 0.792. The number of rotatable bonds is 3. The van der Waals surface area contributed by atoms with Crippen molar-refractivity contribution in [3.8, 4) is 0 Å². The third-order valence-corrected chi connectivity index (χ3v) is 2.29. The first kappa shape index (κ1) is 11.7. The molecule has 1 aromatic rings. The molecule has 0 saturated heterocycles. The number of carbonyl (C=O) groups excluding carboxylic acids is 1. The van der Waals surface area contributed by atoms with E-state index in [0.717, 1.165) is 16.8 Å². The summed E-state index contributed by atoms with van der Waals surface area (Å²) in [5.74, 6) is -0.173. The van der Waals surface area contributed by atoms with Crippen molar-refractivity contribution >= 4 is 11.6 Å². The molecular formula is C12H18N2O. The highest BCUT2D eigenvalue weighted by Gasteiger charge is 2.10. The molecule has 0 fully saturated rings. The minimum atomic E-state index is -0.147. The summed E-state index contributed by atoms with van der Waals surface area (Å²) >= 11 is 0. The maximum absolute atomic E-state index is 11.6. The standard InChI is InChI=1S/C12H18N2O/c1-8-4-9(2)6-11(5-8)14-12(15)10(3)7-13/h4-6,10H,7,13H2,1-3H3,(H,14,15). The molecule has 1 atom stereocenters. The van der Waals surface area contributed by atoms with Gasteiger partial charge in [-0.15, -0.1) is 0 Å². The fraction of sp³-hybridized carbons (Fsp3) is 0.417. The van der Waals surface area contributed by atoms with E-state index in [4.69, 9.17) is 5.73 Å². The van der Waals surface area contributed by atoms with Crippen LogP contribution in [0.5, 0.6) is 0 Å². The van der Waals surface area contributed by atoms with Crippen LogP contribution in [0.3, 0.4) is 0 Å². The second kappa shape index (κ2) is 4.94. The highest BCUT2D eigenvalue weighted by atomic mass is 16.1. The number of nitrogens with one attached hydrogen (secondary N) is 1. The molecule has 3 N–H and O–H groups in total. The molecule has 0 spiro atoms. The molecule has 1 amide bonds. The van der Waals surface area contributed by atoms with E-state index in [0.29, 0.717) is 6.54 Å². The van der Waals surface area contributed by atoms with Crippen LogP contribution in [0.15, 0.2) is 18.2 Å². The molecule has 0 radical (unpaired) electrons. The van der Waals surface area contributed by atoms with Crippen LogP contribution in [0.1, 0.15) is 18.1 Å². The van der Waals surface area contributed by atoms with Crippen LogP contribution < -0.4 is 11.1 Å². The number of nitrogens with two attached hydrogens (primary N) is 1. The summed E-state index contributed by atoms with van der Waals surface area (Å²) in [6.45, 7) is 6.21. The zero-order valence-corrected chi connectivity index (χ0v) is 9.50. The summed E-state index contributed by atoms with van der Waals surface area (Å²) in [7, 11) is 0. The topological polar surface area (TPSA) is 55.1 Å². The Morgan fingerprint density at radius 2 is 1.87 bits per heavy atom. The molecule has 1 unspecified atom stereocenters. The van der Waals surface area contributed by atoms with E-state index in [1.165, 1.54) is 0 Å². The number of aryl methyl sites for hydroxylation is 2. The highest BCUT2D eigenvalue weighted by molar-refractivity contribution is 5.92. The Morgan fingerprint density at radius 1 is 1.33 bits per heavy atom. The summed E-state index contributed by atoms with van der Waals surface area (Å²) in [5.41, 5.74) is 8.56. The number of amides is 1. The van der Waals surface area contributed by atoms with Crippen molar-refractivity contribution in [1.82, 2.24) is 0 Å². The summed E-state index contributed by atoms with van der Waals surface area (Å²) in [5, 5.41) is 2.86. The summed E-state index contributed by atoms with van der Waals surface area (Å²) in [6, 6.07) is 5.98. The lowest BCUT2D eigenvalue weighted by Crippen LogP contribution is -2.26. The maximum atomic E-state index is 11.6. The molecule has 0 aliphatic carbocycles. The zero-order chi connectivity index (χ0) is 11.4. The van der Waals surface area contributed by atoms with Gasteiger partial charge in [-0.05, 0) is 37.1 Å². The molecule has 3 nitrogen and oxygen atoms in total. The smallest absolute Gasteiger partial charge is 0.228 e. The van der Waals surface area contributed by atoms with Gasteiger partial charge in [0.05, 0.1) is 0 Å². The Kier molecular flexibility index (Phi) is 3.86. The molecule has 0 aromatic heterocycles. The Bertz CT molecular complexity index is 340. The van der Waals surface area contributed by atoms with Gasteiger partial charge in [-0.25, -0.2) is 0 Å². The van der Waals surface area contributed by atoms with Gasteiger partial charge in [0.1, 0.15) is 0 Å². The van der Waals surface area contributed by atoms with Crippen LogP contribution in [-0.4, -0.2) is 12.5 Å². The number of hydrogen-bond acceptors (Lipinski definition) is 2. The first-order valence-corrected chi connectivity index (χ1v) is 5.12. The second-order valence-corrected chi connectivity index (χ2v) is 4.00. The van der Waals surface area contributed by atoms with Crippen molar-refractivity contribution in [1.29, 1.82) is 0 Å². The Hall–Kier alpha value is -1.35. The lowest BCUT2D eigenvalue weighted by molar-refractivity contribution is -0.119. The van der Waals surface area contributed by atoms with E-state index in [1.807, 2.05) is 32.9 Å². The van der Waals surface area contributed by atoms with Crippen molar-refractivity contribution in [3.63, 3.8) is 0 Å². The van der Waals surface area contributed by atoms with Crippen molar-refractivity contribution in [2.45, 2.75) is 20.8 Å². The maximum Gasteiger partial charge on any atom is 0.228 e. The second-order valence-electron chi connectivity index (χ2n) is 4.00. The number of benzene rings is 1. The SMILES string of the molecule is Cc1cc(C)cc(NC(=O)C(C)CN)c1. The number of anilines is 1. The third kappa shape index (κ3) is 3.36. The molecule has 0 aliphatic rings. The van der Waals surface area contributed by atoms with Crippen LogP contribution >= 0.6 is 0 Å². The van der Waals surface area contributed by atoms with Crippen molar-refractivity contribution in [2.75, 3.05) is 11.9 Å². The van der Waals surface area contributed by atoms with Gasteiger partial charge in [-0.2, -0.15) is 0 Å². The monoisotopic (exact) mass is 206 g/mol. The van der Waals surface area contributed by atoms with Gasteiger partial charge in [0.2, 0.25) is 5.91 Å². The number of carbonyl (C=O) groups is 1. The van der Waals surface area contributed by atoms with Crippen LogP contribution in [0.4, 0.5) is 5.69 Å². The van der Waals surface area contributed by atoms with Gasteiger partial charge in [-0.3, -0.25) is 4.79 Å². The molecule has 0 aliphatic heterocycles. The Labute approximate surface area is 90.7 Å². The van der Waals surface area contributed by atoms with E-state index in [1.54, 1.807) is 0 Å². The third-order valence-electron chi connectivity index (χ3n) is 2.29. The van der Waals surface area contributed by atoms with Gasteiger partial charge in [0.25, 0.3) is 0 Å². The van der Waals surface area contributed by atoms with Crippen molar-refractivity contribution in [3.05, 3.63) is 29.3 Å². The summed E-state index contributed by atoms with van der Waals surface area (Å²) < 4.78 is 0. The first-order chi connectivity index (χ1) is 7.02. The van der Waals surface area contributed by atoms with E-state index in [2.05, 4.69) is 11.4 Å². The van der Waals surface area contributed by atoms with E-state index >= 15 is 0 Å². The molecule has 0 heterocycles. The van der Waals surface area contributed by atoms with Gasteiger partial charge < -0.3 is 11.1 Å². The predicted molar refractivity (Wildman–Crippen MR) is 62.8 cm³/mol. The molecule has 3 heteroatoms. The van der Waals surface area contributed by atoms with Crippen LogP contribution in [0.2, 0.25) is 0 Å². The minimum Gasteiger partial charge on any atom is -0.330 e. The van der Waals surface area contributed by atoms with Gasteiger partial charge in [0, 0.05) is 18.2 Å². The van der Waals surface area contributed by atoms with E-state index in [-0.39, 0.29) is 11.8 Å².